The van der Waals surface area contributed by atoms with Gasteiger partial charge in [-0.15, -0.1) is 0 Å². The summed E-state index contributed by atoms with van der Waals surface area (Å²) in [7, 11) is 0. The molecule has 0 aliphatic carbocycles. The maximum atomic E-state index is 12.4. The topological polar surface area (TPSA) is 165 Å². The van der Waals surface area contributed by atoms with Crippen LogP contribution in [0.4, 0.5) is 5.82 Å². The molecule has 0 saturated carbocycles. The number of imidazole rings is 1. The Bertz CT molecular complexity index is 1230. The molecule has 11 nitrogen and oxygen atoms in total. The number of aromatic nitrogens is 4. The van der Waals surface area contributed by atoms with Gasteiger partial charge in [-0.1, -0.05) is 12.1 Å². The van der Waals surface area contributed by atoms with Crippen molar-refractivity contribution < 1.29 is 19.6 Å². The van der Waals surface area contributed by atoms with Crippen molar-refractivity contribution in [3.8, 4) is 23.0 Å². The fourth-order valence-electron chi connectivity index (χ4n) is 2.76. The van der Waals surface area contributed by atoms with Crippen LogP contribution in [0.5, 0.6) is 11.5 Å². The Labute approximate surface area is 163 Å². The van der Waals surface area contributed by atoms with Gasteiger partial charge in [-0.2, -0.15) is 5.10 Å². The van der Waals surface area contributed by atoms with Gasteiger partial charge in [0.05, 0.1) is 17.2 Å². The molecule has 4 rings (SSSR count). The first kappa shape index (κ1) is 18.0. The monoisotopic (exact) mass is 393 g/mol. The molecule has 1 amide bonds. The molecule has 0 spiro atoms. The van der Waals surface area contributed by atoms with Gasteiger partial charge in [0.1, 0.15) is 18.0 Å². The summed E-state index contributed by atoms with van der Waals surface area (Å²) in [4.78, 5) is 16.9. The lowest BCUT2D eigenvalue weighted by atomic mass is 10.2. The fourth-order valence-corrected chi connectivity index (χ4v) is 2.76. The third-order valence-corrected chi connectivity index (χ3v) is 4.09. The number of hydrogen-bond donors (Lipinski definition) is 4. The molecule has 0 aliphatic heterocycles. The highest BCUT2D eigenvalue weighted by Crippen LogP contribution is 2.26. The number of nitrogen functional groups attached to an aromatic ring is 1. The smallest absolute Gasteiger partial charge is 0.260 e. The lowest BCUT2D eigenvalue weighted by Crippen LogP contribution is -2.23. The van der Waals surface area contributed by atoms with Gasteiger partial charge >= 0.3 is 0 Å². The maximum Gasteiger partial charge on any atom is 0.260 e. The molecule has 0 saturated heterocycles. The van der Waals surface area contributed by atoms with Gasteiger partial charge in [-0.05, 0) is 34.6 Å². The van der Waals surface area contributed by atoms with Gasteiger partial charge in [-0.25, -0.2) is 15.0 Å². The van der Waals surface area contributed by atoms with Crippen molar-refractivity contribution in [1.82, 2.24) is 25.3 Å². The van der Waals surface area contributed by atoms with Gasteiger partial charge in [0.15, 0.2) is 17.3 Å². The third-order valence-electron chi connectivity index (χ3n) is 4.09. The predicted molar refractivity (Wildman–Crippen MR) is 103 cm³/mol. The van der Waals surface area contributed by atoms with E-state index in [0.29, 0.717) is 22.4 Å². The van der Waals surface area contributed by atoms with Gasteiger partial charge < -0.3 is 20.5 Å². The first-order valence-electron chi connectivity index (χ1n) is 8.40. The van der Waals surface area contributed by atoms with Crippen molar-refractivity contribution in [3.05, 3.63) is 48.0 Å². The summed E-state index contributed by atoms with van der Waals surface area (Å²) in [6.45, 7) is -0.124. The molecule has 0 bridgehead atoms. The number of para-hydroxylation sites is 2. The number of phenols is 2. The SMILES string of the molecule is Nc1nonc1-c1nc2ccccc2n1CC(=O)N/N=C\c1ccc(O)cc1O. The summed E-state index contributed by atoms with van der Waals surface area (Å²) in [5.74, 6) is -0.299. The van der Waals surface area contributed by atoms with Crippen LogP contribution in [-0.4, -0.2) is 42.2 Å². The van der Waals surface area contributed by atoms with E-state index in [9.17, 15) is 15.0 Å². The van der Waals surface area contributed by atoms with Crippen LogP contribution in [-0.2, 0) is 11.3 Å². The molecular weight excluding hydrogens is 378 g/mol. The average Bonchev–Trinajstić information content (AvgIpc) is 3.27. The second kappa shape index (κ2) is 7.31. The van der Waals surface area contributed by atoms with E-state index in [2.05, 4.69) is 30.5 Å². The minimum atomic E-state index is -0.445. The molecule has 2 aromatic carbocycles. The van der Waals surface area contributed by atoms with Crippen LogP contribution in [0.1, 0.15) is 5.56 Å². The van der Waals surface area contributed by atoms with Crippen LogP contribution in [0.15, 0.2) is 52.2 Å². The third kappa shape index (κ3) is 3.56. The molecule has 2 aromatic heterocycles. The van der Waals surface area contributed by atoms with E-state index in [1.165, 1.54) is 24.4 Å². The maximum absolute atomic E-state index is 12.4. The lowest BCUT2D eigenvalue weighted by molar-refractivity contribution is -0.121. The zero-order valence-electron chi connectivity index (χ0n) is 14.9. The van der Waals surface area contributed by atoms with Gasteiger partial charge in [0.25, 0.3) is 5.91 Å². The molecule has 29 heavy (non-hydrogen) atoms. The molecule has 0 aliphatic rings. The van der Waals surface area contributed by atoms with Gasteiger partial charge in [0, 0.05) is 11.6 Å². The molecule has 11 heteroatoms. The summed E-state index contributed by atoms with van der Waals surface area (Å²) >= 11 is 0. The number of hydrazone groups is 1. The number of fused-ring (bicyclic) bond motifs is 1. The number of carbonyl (C=O) groups excluding carboxylic acids is 1. The van der Waals surface area contributed by atoms with Crippen LogP contribution < -0.4 is 11.2 Å². The zero-order valence-corrected chi connectivity index (χ0v) is 14.9. The Morgan fingerprint density at radius 2 is 2.07 bits per heavy atom. The van der Waals surface area contributed by atoms with E-state index >= 15 is 0 Å². The molecule has 5 N–H and O–H groups in total. The highest BCUT2D eigenvalue weighted by molar-refractivity contribution is 5.87. The first-order chi connectivity index (χ1) is 14.0. The Morgan fingerprint density at radius 1 is 1.24 bits per heavy atom. The number of benzene rings is 2. The number of amides is 1. The van der Waals surface area contributed by atoms with Gasteiger partial charge in [-0.3, -0.25) is 4.79 Å². The van der Waals surface area contributed by atoms with Crippen LogP contribution in [0.25, 0.3) is 22.6 Å². The Balaban J connectivity index is 1.58. The first-order valence-corrected chi connectivity index (χ1v) is 8.40. The number of nitrogens with zero attached hydrogens (tertiary/aromatic N) is 5. The number of nitrogens with one attached hydrogen (secondary N) is 1. The second-order valence-electron chi connectivity index (χ2n) is 6.04. The summed E-state index contributed by atoms with van der Waals surface area (Å²) < 4.78 is 6.26. The Morgan fingerprint density at radius 3 is 2.83 bits per heavy atom. The summed E-state index contributed by atoms with van der Waals surface area (Å²) in [5, 5.41) is 30.2. The Kier molecular flexibility index (Phi) is 4.53. The van der Waals surface area contributed by atoms with Gasteiger partial charge in [0.2, 0.25) is 0 Å². The van der Waals surface area contributed by atoms with Crippen molar-refractivity contribution in [2.45, 2.75) is 6.54 Å². The van der Waals surface area contributed by atoms with Crippen molar-refractivity contribution in [2.24, 2.45) is 5.10 Å². The normalized spacial score (nSPS) is 11.3. The van der Waals surface area contributed by atoms with Crippen LogP contribution in [0.3, 0.4) is 0 Å². The van der Waals surface area contributed by atoms with Crippen molar-refractivity contribution in [3.63, 3.8) is 0 Å². The molecule has 0 atom stereocenters. The van der Waals surface area contributed by atoms with Crippen LogP contribution in [0.2, 0.25) is 0 Å². The van der Waals surface area contributed by atoms with Crippen molar-refractivity contribution in [2.75, 3.05) is 5.73 Å². The molecule has 0 unspecified atom stereocenters. The summed E-state index contributed by atoms with van der Waals surface area (Å²) in [5.41, 5.74) is 10.1. The van der Waals surface area contributed by atoms with E-state index in [1.807, 2.05) is 12.1 Å². The largest absolute Gasteiger partial charge is 0.508 e. The number of anilines is 1. The molecule has 0 fully saturated rings. The van der Waals surface area contributed by atoms with E-state index in [0.717, 1.165) is 0 Å². The number of hydrogen-bond acceptors (Lipinski definition) is 9. The summed E-state index contributed by atoms with van der Waals surface area (Å²) in [6, 6.07) is 11.3. The minimum absolute atomic E-state index is 0.0581. The molecule has 4 aromatic rings. The van der Waals surface area contributed by atoms with Crippen molar-refractivity contribution >= 4 is 29.0 Å². The standard InChI is InChI=1S/C18H15N7O4/c19-17-16(23-29-24-17)18-21-12-3-1-2-4-13(12)25(18)9-15(28)22-20-8-10-5-6-11(26)7-14(10)27/h1-8,26-27H,9H2,(H2,19,24)(H,22,28)/b20-8-. The zero-order chi connectivity index (χ0) is 20.4. The number of nitrogens with two attached hydrogens (primary N) is 1. The lowest BCUT2D eigenvalue weighted by Gasteiger charge is -2.06. The number of carbonyl (C=O) groups is 1. The Hall–Kier alpha value is -4.41. The van der Waals surface area contributed by atoms with E-state index < -0.39 is 5.91 Å². The molecular formula is C18H15N7O4. The average molecular weight is 393 g/mol. The second-order valence-corrected chi connectivity index (χ2v) is 6.04. The molecule has 0 radical (unpaired) electrons. The summed E-state index contributed by atoms with van der Waals surface area (Å²) in [6.07, 6.45) is 1.26. The van der Waals surface area contributed by atoms with E-state index in [1.54, 1.807) is 16.7 Å². The minimum Gasteiger partial charge on any atom is -0.508 e. The van der Waals surface area contributed by atoms with Crippen LogP contribution in [0, 0.1) is 0 Å². The van der Waals surface area contributed by atoms with Crippen molar-refractivity contribution in [1.29, 1.82) is 0 Å². The predicted octanol–water partition coefficient (Wildman–Crippen LogP) is 1.23. The van der Waals surface area contributed by atoms with Crippen LogP contribution >= 0.6 is 0 Å². The number of rotatable bonds is 5. The van der Waals surface area contributed by atoms with E-state index in [-0.39, 0.29) is 29.6 Å². The number of aromatic hydroxyl groups is 2. The number of phenolic OH excluding ortho intramolecular Hbond substituents is 2. The fraction of sp³-hybridized carbons (Fsp3) is 0.0556. The highest BCUT2D eigenvalue weighted by Gasteiger charge is 2.20. The molecule has 2 heterocycles. The van der Waals surface area contributed by atoms with E-state index in [4.69, 9.17) is 5.73 Å². The molecule has 146 valence electrons. The quantitative estimate of drug-likeness (QED) is 0.290. The highest BCUT2D eigenvalue weighted by atomic mass is 16.6.